The van der Waals surface area contributed by atoms with Crippen molar-refractivity contribution in [3.63, 3.8) is 0 Å². The third-order valence-electron chi connectivity index (χ3n) is 3.08. The van der Waals surface area contributed by atoms with Gasteiger partial charge in [-0.15, -0.1) is 0 Å². The lowest BCUT2D eigenvalue weighted by Gasteiger charge is -2.06. The van der Waals surface area contributed by atoms with Gasteiger partial charge >= 0.3 is 0 Å². The van der Waals surface area contributed by atoms with Crippen LogP contribution >= 0.6 is 0 Å². The van der Waals surface area contributed by atoms with Crippen molar-refractivity contribution < 1.29 is 0 Å². The minimum atomic E-state index is 0.452. The van der Waals surface area contributed by atoms with Crippen LogP contribution in [0.15, 0.2) is 48.8 Å². The van der Waals surface area contributed by atoms with E-state index in [4.69, 9.17) is 0 Å². The predicted molar refractivity (Wildman–Crippen MR) is 73.0 cm³/mol. The topological polar surface area (TPSA) is 30.7 Å². The first-order valence-corrected chi connectivity index (χ1v) is 6.15. The molecule has 0 saturated carbocycles. The van der Waals surface area contributed by atoms with Crippen LogP contribution in [-0.2, 0) is 0 Å². The molecule has 0 radical (unpaired) electrons. The van der Waals surface area contributed by atoms with Crippen LogP contribution in [0, 0.1) is 0 Å². The number of hydrogen-bond acceptors (Lipinski definition) is 2. The number of hydrogen-bond donors (Lipinski definition) is 0. The van der Waals surface area contributed by atoms with Gasteiger partial charge < -0.3 is 0 Å². The van der Waals surface area contributed by atoms with Crippen LogP contribution < -0.4 is 0 Å². The number of aromatic nitrogens is 3. The van der Waals surface area contributed by atoms with E-state index in [0.29, 0.717) is 5.92 Å². The monoisotopic (exact) mass is 237 g/mol. The summed E-state index contributed by atoms with van der Waals surface area (Å²) in [5, 5.41) is 5.56. The fourth-order valence-electron chi connectivity index (χ4n) is 2.04. The van der Waals surface area contributed by atoms with E-state index >= 15 is 0 Å². The van der Waals surface area contributed by atoms with E-state index in [-0.39, 0.29) is 0 Å². The molecule has 0 N–H and O–H groups in total. The molecule has 3 rings (SSSR count). The lowest BCUT2D eigenvalue weighted by atomic mass is 10.1. The highest BCUT2D eigenvalue weighted by Gasteiger charge is 2.05. The fourth-order valence-corrected chi connectivity index (χ4v) is 2.04. The molecule has 3 aromatic rings. The van der Waals surface area contributed by atoms with Crippen molar-refractivity contribution in [1.82, 2.24) is 14.8 Å². The molecule has 3 nitrogen and oxygen atoms in total. The van der Waals surface area contributed by atoms with Crippen molar-refractivity contribution in [3.05, 3.63) is 54.5 Å². The lowest BCUT2D eigenvalue weighted by molar-refractivity contribution is 0.814. The van der Waals surface area contributed by atoms with Crippen LogP contribution in [0.1, 0.15) is 25.5 Å². The van der Waals surface area contributed by atoms with Gasteiger partial charge in [0.2, 0.25) is 0 Å². The van der Waals surface area contributed by atoms with E-state index in [0.717, 1.165) is 22.3 Å². The van der Waals surface area contributed by atoms with Crippen molar-refractivity contribution in [3.8, 4) is 5.69 Å². The van der Waals surface area contributed by atoms with Gasteiger partial charge in [-0.05, 0) is 24.1 Å². The second-order valence-corrected chi connectivity index (χ2v) is 4.71. The summed E-state index contributed by atoms with van der Waals surface area (Å²) in [5.74, 6) is 0.452. The van der Waals surface area contributed by atoms with Gasteiger partial charge in [-0.1, -0.05) is 32.0 Å². The van der Waals surface area contributed by atoms with Gasteiger partial charge in [0.15, 0.2) is 0 Å². The normalized spacial score (nSPS) is 11.3. The molecule has 18 heavy (non-hydrogen) atoms. The molecule has 90 valence electrons. The molecule has 3 heteroatoms. The highest BCUT2D eigenvalue weighted by atomic mass is 15.3. The zero-order valence-electron chi connectivity index (χ0n) is 10.5. The molecule has 2 aromatic heterocycles. The van der Waals surface area contributed by atoms with Crippen LogP contribution in [0.2, 0.25) is 0 Å². The molecule has 0 spiro atoms. The van der Waals surface area contributed by atoms with Gasteiger partial charge in [0.05, 0.1) is 23.6 Å². The number of fused-ring (bicyclic) bond motifs is 1. The van der Waals surface area contributed by atoms with Crippen molar-refractivity contribution in [1.29, 1.82) is 0 Å². The third-order valence-corrected chi connectivity index (χ3v) is 3.08. The maximum atomic E-state index is 4.48. The van der Waals surface area contributed by atoms with Gasteiger partial charge in [0.25, 0.3) is 0 Å². The Hall–Kier alpha value is -2.16. The Balaban J connectivity index is 2.09. The van der Waals surface area contributed by atoms with Gasteiger partial charge in [0.1, 0.15) is 0 Å². The average molecular weight is 237 g/mol. The predicted octanol–water partition coefficient (Wildman–Crippen LogP) is 3.54. The first kappa shape index (κ1) is 11.0. The molecule has 0 amide bonds. The van der Waals surface area contributed by atoms with E-state index in [9.17, 15) is 0 Å². The Morgan fingerprint density at radius 3 is 2.56 bits per heavy atom. The minimum absolute atomic E-state index is 0.452. The maximum absolute atomic E-state index is 4.48. The van der Waals surface area contributed by atoms with Crippen molar-refractivity contribution in [2.45, 2.75) is 19.8 Å². The first-order valence-electron chi connectivity index (χ1n) is 6.15. The van der Waals surface area contributed by atoms with Gasteiger partial charge in [-0.25, -0.2) is 4.68 Å². The molecule has 0 fully saturated rings. The summed E-state index contributed by atoms with van der Waals surface area (Å²) >= 11 is 0. The Morgan fingerprint density at radius 2 is 1.83 bits per heavy atom. The first-order chi connectivity index (χ1) is 8.75. The summed E-state index contributed by atoms with van der Waals surface area (Å²) in [4.78, 5) is 4.48. The summed E-state index contributed by atoms with van der Waals surface area (Å²) in [5.41, 5.74) is 3.22. The molecular weight excluding hydrogens is 222 g/mol. The zero-order valence-corrected chi connectivity index (χ0v) is 10.5. The number of pyridine rings is 1. The summed E-state index contributed by atoms with van der Waals surface area (Å²) in [6, 6.07) is 12.3. The summed E-state index contributed by atoms with van der Waals surface area (Å²) in [6.45, 7) is 4.29. The summed E-state index contributed by atoms with van der Waals surface area (Å²) in [7, 11) is 0. The molecule has 0 saturated heterocycles. The van der Waals surface area contributed by atoms with Crippen LogP contribution in [0.5, 0.6) is 0 Å². The van der Waals surface area contributed by atoms with Crippen LogP contribution in [0.4, 0.5) is 0 Å². The minimum Gasteiger partial charge on any atom is -0.259 e. The van der Waals surface area contributed by atoms with Crippen molar-refractivity contribution >= 4 is 10.9 Å². The molecule has 0 atom stereocenters. The standard InChI is InChI=1S/C15H15N3/c1-11(2)14-8-7-13(10-16-14)18-15-6-4-3-5-12(15)9-17-18/h3-11H,1-2H3. The lowest BCUT2D eigenvalue weighted by Crippen LogP contribution is -1.99. The van der Waals surface area contributed by atoms with Crippen LogP contribution in [0.25, 0.3) is 16.6 Å². The second kappa shape index (κ2) is 4.26. The molecule has 0 bridgehead atoms. The molecule has 0 aliphatic carbocycles. The average Bonchev–Trinajstić information content (AvgIpc) is 2.82. The van der Waals surface area contributed by atoms with Crippen molar-refractivity contribution in [2.75, 3.05) is 0 Å². The molecule has 0 aliphatic heterocycles. The SMILES string of the molecule is CC(C)c1ccc(-n2ncc3ccccc32)cn1. The Morgan fingerprint density at radius 1 is 1.00 bits per heavy atom. The maximum Gasteiger partial charge on any atom is 0.0836 e. The van der Waals surface area contributed by atoms with Crippen LogP contribution in [-0.4, -0.2) is 14.8 Å². The van der Waals surface area contributed by atoms with Crippen LogP contribution in [0.3, 0.4) is 0 Å². The number of rotatable bonds is 2. The molecule has 1 aromatic carbocycles. The zero-order chi connectivity index (χ0) is 12.5. The van der Waals surface area contributed by atoms with E-state index in [2.05, 4.69) is 48.2 Å². The quantitative estimate of drug-likeness (QED) is 0.682. The Kier molecular flexibility index (Phi) is 2.59. The smallest absolute Gasteiger partial charge is 0.0836 e. The van der Waals surface area contributed by atoms with Gasteiger partial charge in [0, 0.05) is 11.1 Å². The summed E-state index contributed by atoms with van der Waals surface area (Å²) < 4.78 is 1.92. The highest BCUT2D eigenvalue weighted by Crippen LogP contribution is 2.18. The Labute approximate surface area is 106 Å². The highest BCUT2D eigenvalue weighted by molar-refractivity contribution is 5.79. The summed E-state index contributed by atoms with van der Waals surface area (Å²) in [6.07, 6.45) is 3.76. The van der Waals surface area contributed by atoms with E-state index < -0.39 is 0 Å². The third kappa shape index (κ3) is 1.78. The molecular formula is C15H15N3. The molecule has 2 heterocycles. The Bertz CT molecular complexity index is 666. The van der Waals surface area contributed by atoms with E-state index in [1.165, 1.54) is 0 Å². The second-order valence-electron chi connectivity index (χ2n) is 4.71. The fraction of sp³-hybridized carbons (Fsp3) is 0.200. The van der Waals surface area contributed by atoms with Crippen molar-refractivity contribution in [2.24, 2.45) is 0 Å². The molecule has 0 unspecified atom stereocenters. The largest absolute Gasteiger partial charge is 0.259 e. The van der Waals surface area contributed by atoms with Gasteiger partial charge in [-0.3, -0.25) is 4.98 Å². The number of nitrogens with zero attached hydrogens (tertiary/aromatic N) is 3. The van der Waals surface area contributed by atoms with Gasteiger partial charge in [-0.2, -0.15) is 5.10 Å². The molecule has 0 aliphatic rings. The number of para-hydroxylation sites is 1. The number of benzene rings is 1. The van der Waals surface area contributed by atoms with E-state index in [1.54, 1.807) is 0 Å². The van der Waals surface area contributed by atoms with E-state index in [1.807, 2.05) is 29.2 Å².